The lowest BCUT2D eigenvalue weighted by atomic mass is 11.9. The molecule has 0 aliphatic rings. The Morgan fingerprint density at radius 1 is 0.667 bits per heavy atom. The van der Waals surface area contributed by atoms with Crippen LogP contribution in [0.25, 0.3) is 0 Å². The second-order valence-electron chi connectivity index (χ2n) is 0.896. The van der Waals surface area contributed by atoms with Crippen molar-refractivity contribution in [3.8, 4) is 0 Å². The lowest BCUT2D eigenvalue weighted by Gasteiger charge is -1.68. The van der Waals surface area contributed by atoms with Crippen molar-refractivity contribution in [2.75, 3.05) is 0 Å². The molecule has 0 unspecified atom stereocenters. The highest BCUT2D eigenvalue weighted by Crippen LogP contribution is 1.59. The predicted octanol–water partition coefficient (Wildman–Crippen LogP) is -1.49. The van der Waals surface area contributed by atoms with E-state index in [4.69, 9.17) is 39.8 Å². The van der Waals surface area contributed by atoms with Crippen LogP contribution < -0.4 is 0 Å². The third-order valence-corrected chi connectivity index (χ3v) is 0. The summed E-state index contributed by atoms with van der Waals surface area (Å²) in [6.45, 7) is 2.00. The normalized spacial score (nSPS) is 10.0. The fraction of sp³-hybridized carbons (Fsp3) is 0. The number of rotatable bonds is 0. The van der Waals surface area contributed by atoms with Gasteiger partial charge >= 0.3 is 20.8 Å². The Bertz CT molecular complexity index is 222. The van der Waals surface area contributed by atoms with E-state index in [0.717, 1.165) is 0 Å². The Kier molecular flexibility index (Phi) is 10.3. The molecule has 11 heteroatoms. The smallest absolute Gasteiger partial charge is 0.307 e. The summed E-state index contributed by atoms with van der Waals surface area (Å²) in [6.07, 6.45) is 0. The van der Waals surface area contributed by atoms with Crippen molar-refractivity contribution in [1.29, 1.82) is 0 Å². The van der Waals surface area contributed by atoms with Crippen molar-refractivity contribution in [3.63, 3.8) is 0 Å². The predicted molar refractivity (Wildman–Crippen MR) is 35.5 cm³/mol. The summed E-state index contributed by atoms with van der Waals surface area (Å²) in [5.41, 5.74) is 0. The molecule has 0 heterocycles. The highest BCUT2D eigenvalue weighted by atomic mass is 32.3. The van der Waals surface area contributed by atoms with Crippen LogP contribution in [0.2, 0.25) is 0 Å². The van der Waals surface area contributed by atoms with Crippen LogP contribution in [0.4, 0.5) is 0 Å². The van der Waals surface area contributed by atoms with E-state index < -0.39 is 20.8 Å². The van der Waals surface area contributed by atoms with Gasteiger partial charge in [0.15, 0.2) is 0 Å². The summed E-state index contributed by atoms with van der Waals surface area (Å²) in [5.74, 6) is 0. The van der Waals surface area contributed by atoms with Crippen molar-refractivity contribution in [2.24, 2.45) is 0 Å². The highest BCUT2D eigenvalue weighted by Gasteiger charge is 1.85. The molecule has 0 aromatic heterocycles. The Labute approximate surface area is 68.2 Å². The van der Waals surface area contributed by atoms with E-state index in [1.807, 2.05) is 6.79 Å². The van der Waals surface area contributed by atoms with Gasteiger partial charge in [-0.05, 0) is 0 Å². The van der Waals surface area contributed by atoms with E-state index in [2.05, 4.69) is 0 Å². The number of carbonyl (C=O) groups is 1. The molecule has 0 aromatic rings. The van der Waals surface area contributed by atoms with Crippen LogP contribution in [-0.2, 0) is 25.6 Å². The number of carbonyl (C=O) groups excluding carboxylic acids is 1. The van der Waals surface area contributed by atoms with Crippen LogP contribution in [0, 0.1) is 0 Å². The zero-order valence-corrected chi connectivity index (χ0v) is 6.99. The average Bonchev–Trinajstić information content (AvgIpc) is 1.59. The fourth-order valence-electron chi connectivity index (χ4n) is 0. The molecular formula is CH6O9S2. The Balaban J connectivity index is -0.000000112. The molecule has 12 heavy (non-hydrogen) atoms. The minimum Gasteiger partial charge on any atom is -0.307 e. The maximum Gasteiger partial charge on any atom is 0.394 e. The number of hydrogen-bond acceptors (Lipinski definition) is 5. The van der Waals surface area contributed by atoms with Crippen molar-refractivity contribution in [3.05, 3.63) is 0 Å². The van der Waals surface area contributed by atoms with E-state index in [-0.39, 0.29) is 0 Å². The van der Waals surface area contributed by atoms with Crippen LogP contribution in [0.5, 0.6) is 0 Å². The second-order valence-corrected chi connectivity index (χ2v) is 2.69. The molecule has 0 radical (unpaired) electrons. The largest absolute Gasteiger partial charge is 0.394 e. The van der Waals surface area contributed by atoms with E-state index in [9.17, 15) is 0 Å². The minimum atomic E-state index is -4.67. The van der Waals surface area contributed by atoms with Crippen LogP contribution in [-0.4, -0.2) is 41.8 Å². The van der Waals surface area contributed by atoms with Crippen molar-refractivity contribution >= 4 is 27.6 Å². The second kappa shape index (κ2) is 7.08. The van der Waals surface area contributed by atoms with Gasteiger partial charge in [-0.15, -0.1) is 0 Å². The van der Waals surface area contributed by atoms with E-state index in [1.54, 1.807) is 0 Å². The average molecular weight is 226 g/mol. The topological polar surface area (TPSA) is 166 Å². The maximum atomic E-state index is 8.74. The van der Waals surface area contributed by atoms with Crippen LogP contribution in [0.3, 0.4) is 0 Å². The zero-order chi connectivity index (χ0) is 11.0. The van der Waals surface area contributed by atoms with Gasteiger partial charge in [0.05, 0.1) is 0 Å². The van der Waals surface area contributed by atoms with Crippen LogP contribution in [0.15, 0.2) is 0 Å². The molecule has 0 fully saturated rings. The monoisotopic (exact) mass is 226 g/mol. The van der Waals surface area contributed by atoms with Crippen molar-refractivity contribution in [1.82, 2.24) is 0 Å². The Morgan fingerprint density at radius 3 is 0.667 bits per heavy atom. The van der Waals surface area contributed by atoms with E-state index >= 15 is 0 Å². The third kappa shape index (κ3) is 1910. The molecule has 4 N–H and O–H groups in total. The first-order valence-electron chi connectivity index (χ1n) is 1.69. The zero-order valence-electron chi connectivity index (χ0n) is 5.35. The molecule has 0 amide bonds. The molecule has 0 atom stereocenters. The van der Waals surface area contributed by atoms with Crippen molar-refractivity contribution < 1.29 is 39.8 Å². The molecule has 0 saturated heterocycles. The Morgan fingerprint density at radius 2 is 0.667 bits per heavy atom. The van der Waals surface area contributed by atoms with Gasteiger partial charge in [0.2, 0.25) is 0 Å². The number of hydrogen-bond donors (Lipinski definition) is 4. The lowest BCUT2D eigenvalue weighted by molar-refractivity contribution is -0.0980. The van der Waals surface area contributed by atoms with Crippen molar-refractivity contribution in [2.45, 2.75) is 0 Å². The summed E-state index contributed by atoms with van der Waals surface area (Å²) in [6, 6.07) is 0. The van der Waals surface area contributed by atoms with Gasteiger partial charge in [-0.25, -0.2) is 0 Å². The summed E-state index contributed by atoms with van der Waals surface area (Å²) < 4.78 is 63.2. The molecule has 0 spiro atoms. The molecule has 76 valence electrons. The minimum absolute atomic E-state index is 2.00. The molecular weight excluding hydrogens is 220 g/mol. The summed E-state index contributed by atoms with van der Waals surface area (Å²) >= 11 is 0. The van der Waals surface area contributed by atoms with Gasteiger partial charge in [-0.1, -0.05) is 0 Å². The quantitative estimate of drug-likeness (QED) is 0.359. The van der Waals surface area contributed by atoms with Gasteiger partial charge in [0, 0.05) is 0 Å². The Hall–Kier alpha value is -0.590. The van der Waals surface area contributed by atoms with Crippen LogP contribution in [0.1, 0.15) is 0 Å². The highest BCUT2D eigenvalue weighted by molar-refractivity contribution is 7.80. The standard InChI is InChI=1S/CH2O.2H2O4S/c1-2;2*1-5(2,3)4/h1H2;2*(H2,1,2,3,4). The van der Waals surface area contributed by atoms with Gasteiger partial charge < -0.3 is 4.79 Å². The van der Waals surface area contributed by atoms with Gasteiger partial charge in [0.25, 0.3) is 0 Å². The first-order valence-corrected chi connectivity index (χ1v) is 4.48. The summed E-state index contributed by atoms with van der Waals surface area (Å²) in [5, 5.41) is 0. The third-order valence-electron chi connectivity index (χ3n) is 0. The van der Waals surface area contributed by atoms with Gasteiger partial charge in [0.1, 0.15) is 6.79 Å². The SMILES string of the molecule is C=O.O=S(=O)(O)O.O=S(=O)(O)O. The fourth-order valence-corrected chi connectivity index (χ4v) is 0. The van der Waals surface area contributed by atoms with E-state index in [1.165, 1.54) is 0 Å². The molecule has 0 rings (SSSR count). The molecule has 0 aliphatic heterocycles. The maximum absolute atomic E-state index is 8.74. The van der Waals surface area contributed by atoms with Gasteiger partial charge in [-0.2, -0.15) is 16.8 Å². The molecule has 0 aromatic carbocycles. The van der Waals surface area contributed by atoms with Crippen LogP contribution >= 0.6 is 0 Å². The molecule has 9 nitrogen and oxygen atoms in total. The summed E-state index contributed by atoms with van der Waals surface area (Å²) in [7, 11) is -9.33. The van der Waals surface area contributed by atoms with E-state index in [0.29, 0.717) is 0 Å². The molecule has 0 bridgehead atoms. The lowest BCUT2D eigenvalue weighted by Crippen LogP contribution is -1.89. The molecule has 0 saturated carbocycles. The first-order chi connectivity index (χ1) is 5.00. The summed E-state index contributed by atoms with van der Waals surface area (Å²) in [4.78, 5) is 8.00. The molecule has 0 aliphatic carbocycles. The van der Waals surface area contributed by atoms with Gasteiger partial charge in [-0.3, -0.25) is 18.2 Å². The first kappa shape index (κ1) is 17.5.